The number of hydrogen-bond donors (Lipinski definition) is 1. The van der Waals surface area contributed by atoms with Gasteiger partial charge in [-0.05, 0) is 38.0 Å². The molecule has 1 fully saturated rings. The summed E-state index contributed by atoms with van der Waals surface area (Å²) in [5, 5.41) is 8.57. The zero-order valence-electron chi connectivity index (χ0n) is 11.9. The fourth-order valence-corrected chi connectivity index (χ4v) is 3.01. The molecule has 1 aromatic rings. The van der Waals surface area contributed by atoms with E-state index < -0.39 is 5.97 Å². The van der Waals surface area contributed by atoms with Crippen LogP contribution in [-0.2, 0) is 14.3 Å². The molecular formula is C15H19NO4S. The Balaban J connectivity index is 1.77. The van der Waals surface area contributed by atoms with Gasteiger partial charge < -0.3 is 14.7 Å². The summed E-state index contributed by atoms with van der Waals surface area (Å²) >= 11 is 1.65. The molecule has 0 saturated carbocycles. The van der Waals surface area contributed by atoms with Crippen molar-refractivity contribution in [3.63, 3.8) is 0 Å². The monoisotopic (exact) mass is 309 g/mol. The lowest BCUT2D eigenvalue weighted by Gasteiger charge is -2.30. The Hall–Kier alpha value is -1.66. The van der Waals surface area contributed by atoms with E-state index in [4.69, 9.17) is 9.84 Å². The number of ether oxygens (including phenoxy) is 1. The molecule has 0 radical (unpaired) electrons. The number of carboxylic acid groups (broad SMARTS) is 1. The molecule has 1 N–H and O–H groups in total. The molecule has 5 nitrogen and oxygen atoms in total. The van der Waals surface area contributed by atoms with Gasteiger partial charge in [0, 0.05) is 28.9 Å². The summed E-state index contributed by atoms with van der Waals surface area (Å²) < 4.78 is 5.25. The highest BCUT2D eigenvalue weighted by atomic mass is 32.1. The molecule has 1 aliphatic heterocycles. The maximum absolute atomic E-state index is 12.1. The third-order valence-electron chi connectivity index (χ3n) is 3.35. The molecule has 0 atom stereocenters. The summed E-state index contributed by atoms with van der Waals surface area (Å²) in [6.45, 7) is 2.98. The normalized spacial score (nSPS) is 16.5. The molecule has 2 heterocycles. The van der Waals surface area contributed by atoms with Crippen molar-refractivity contribution < 1.29 is 19.4 Å². The van der Waals surface area contributed by atoms with E-state index in [9.17, 15) is 9.59 Å². The van der Waals surface area contributed by atoms with Gasteiger partial charge in [-0.15, -0.1) is 11.3 Å². The number of nitrogens with zero attached hydrogens (tertiary/aromatic N) is 1. The molecule has 0 unspecified atom stereocenters. The summed E-state index contributed by atoms with van der Waals surface area (Å²) in [6, 6.07) is 4.02. The van der Waals surface area contributed by atoms with Crippen LogP contribution in [-0.4, -0.2) is 47.7 Å². The first-order valence-corrected chi connectivity index (χ1v) is 7.73. The van der Waals surface area contributed by atoms with Crippen LogP contribution >= 0.6 is 11.3 Å². The van der Waals surface area contributed by atoms with Crippen molar-refractivity contribution in [1.29, 1.82) is 0 Å². The highest BCUT2D eigenvalue weighted by molar-refractivity contribution is 7.12. The number of carboxylic acids is 1. The van der Waals surface area contributed by atoms with Crippen LogP contribution in [0.5, 0.6) is 0 Å². The van der Waals surface area contributed by atoms with E-state index in [1.165, 1.54) is 4.88 Å². The van der Waals surface area contributed by atoms with Crippen LogP contribution in [0.25, 0.3) is 6.08 Å². The van der Waals surface area contributed by atoms with Gasteiger partial charge in [0.2, 0.25) is 5.91 Å². The van der Waals surface area contributed by atoms with Crippen molar-refractivity contribution in [2.24, 2.45) is 0 Å². The van der Waals surface area contributed by atoms with E-state index in [0.29, 0.717) is 25.9 Å². The third kappa shape index (κ3) is 4.99. The highest BCUT2D eigenvalue weighted by Gasteiger charge is 2.22. The second-order valence-electron chi connectivity index (χ2n) is 5.01. The predicted octanol–water partition coefficient (Wildman–Crippen LogP) is 2.16. The van der Waals surface area contributed by atoms with Gasteiger partial charge in [0.05, 0.1) is 6.10 Å². The molecule has 2 rings (SSSR count). The average Bonchev–Trinajstić information content (AvgIpc) is 2.89. The van der Waals surface area contributed by atoms with Crippen molar-refractivity contribution in [2.45, 2.75) is 25.9 Å². The number of rotatable bonds is 5. The molecular weight excluding hydrogens is 290 g/mol. The largest absolute Gasteiger partial charge is 0.480 e. The molecule has 1 amide bonds. The van der Waals surface area contributed by atoms with E-state index >= 15 is 0 Å². The number of aryl methyl sites for hydroxylation is 1. The summed E-state index contributed by atoms with van der Waals surface area (Å²) in [4.78, 5) is 26.6. The maximum Gasteiger partial charge on any atom is 0.329 e. The smallest absolute Gasteiger partial charge is 0.329 e. The summed E-state index contributed by atoms with van der Waals surface area (Å²) in [7, 11) is 0. The lowest BCUT2D eigenvalue weighted by molar-refractivity contribution is -0.146. The van der Waals surface area contributed by atoms with Crippen LogP contribution in [0.1, 0.15) is 22.6 Å². The van der Waals surface area contributed by atoms with Gasteiger partial charge in [-0.25, -0.2) is 4.79 Å². The predicted molar refractivity (Wildman–Crippen MR) is 81.3 cm³/mol. The minimum absolute atomic E-state index is 0.00209. The van der Waals surface area contributed by atoms with Gasteiger partial charge in [-0.1, -0.05) is 0 Å². The number of aliphatic carboxylic acids is 1. The van der Waals surface area contributed by atoms with Crippen molar-refractivity contribution in [3.05, 3.63) is 28.0 Å². The Morgan fingerprint density at radius 1 is 1.43 bits per heavy atom. The maximum atomic E-state index is 12.1. The number of piperidine rings is 1. The minimum atomic E-state index is -0.956. The van der Waals surface area contributed by atoms with Crippen molar-refractivity contribution in [3.8, 4) is 0 Å². The number of thiophene rings is 1. The quantitative estimate of drug-likeness (QED) is 0.846. The zero-order chi connectivity index (χ0) is 15.2. The van der Waals surface area contributed by atoms with E-state index in [1.807, 2.05) is 25.1 Å². The van der Waals surface area contributed by atoms with Gasteiger partial charge in [0.15, 0.2) is 0 Å². The first kappa shape index (κ1) is 15.7. The van der Waals surface area contributed by atoms with Gasteiger partial charge in [0.25, 0.3) is 0 Å². The number of amides is 1. The van der Waals surface area contributed by atoms with Gasteiger partial charge in [-0.3, -0.25) is 4.79 Å². The Morgan fingerprint density at radius 2 is 2.14 bits per heavy atom. The highest BCUT2D eigenvalue weighted by Crippen LogP contribution is 2.18. The molecule has 21 heavy (non-hydrogen) atoms. The van der Waals surface area contributed by atoms with Crippen LogP contribution in [0, 0.1) is 6.92 Å². The van der Waals surface area contributed by atoms with Crippen molar-refractivity contribution >= 4 is 29.3 Å². The van der Waals surface area contributed by atoms with Crippen LogP contribution in [0.4, 0.5) is 0 Å². The molecule has 0 aliphatic carbocycles. The molecule has 1 saturated heterocycles. The average molecular weight is 309 g/mol. The first-order chi connectivity index (χ1) is 10.0. The standard InChI is InChI=1S/C15H19NO4S/c1-11-2-3-13(21-11)4-5-14(17)16-8-6-12(7-9-16)20-10-15(18)19/h2-5,12H,6-10H2,1H3,(H,18,19). The van der Waals surface area contributed by atoms with Crippen molar-refractivity contribution in [2.75, 3.05) is 19.7 Å². The molecule has 0 spiro atoms. The summed E-state index contributed by atoms with van der Waals surface area (Å²) in [6.07, 6.45) is 4.75. The molecule has 0 bridgehead atoms. The fraction of sp³-hybridized carbons (Fsp3) is 0.467. The Kier molecular flexibility index (Phi) is 5.52. The van der Waals surface area contributed by atoms with Crippen LogP contribution < -0.4 is 0 Å². The number of likely N-dealkylation sites (tertiary alicyclic amines) is 1. The summed E-state index contributed by atoms with van der Waals surface area (Å²) in [5.41, 5.74) is 0. The molecule has 0 aromatic carbocycles. The molecule has 1 aliphatic rings. The van der Waals surface area contributed by atoms with E-state index in [1.54, 1.807) is 22.3 Å². The fourth-order valence-electron chi connectivity index (χ4n) is 2.23. The number of hydrogen-bond acceptors (Lipinski definition) is 4. The van der Waals surface area contributed by atoms with E-state index in [0.717, 1.165) is 4.88 Å². The van der Waals surface area contributed by atoms with Crippen LogP contribution in [0.15, 0.2) is 18.2 Å². The lowest BCUT2D eigenvalue weighted by atomic mass is 10.1. The first-order valence-electron chi connectivity index (χ1n) is 6.91. The lowest BCUT2D eigenvalue weighted by Crippen LogP contribution is -2.40. The third-order valence-corrected chi connectivity index (χ3v) is 4.31. The minimum Gasteiger partial charge on any atom is -0.480 e. The van der Waals surface area contributed by atoms with E-state index in [-0.39, 0.29) is 18.6 Å². The molecule has 6 heteroatoms. The van der Waals surface area contributed by atoms with Crippen LogP contribution in [0.3, 0.4) is 0 Å². The van der Waals surface area contributed by atoms with Crippen molar-refractivity contribution in [1.82, 2.24) is 4.90 Å². The molecule has 114 valence electrons. The van der Waals surface area contributed by atoms with Gasteiger partial charge in [0.1, 0.15) is 6.61 Å². The number of carbonyl (C=O) groups is 2. The Morgan fingerprint density at radius 3 is 2.71 bits per heavy atom. The van der Waals surface area contributed by atoms with Gasteiger partial charge >= 0.3 is 5.97 Å². The van der Waals surface area contributed by atoms with Crippen LogP contribution in [0.2, 0.25) is 0 Å². The topological polar surface area (TPSA) is 66.8 Å². The Labute approximate surface area is 127 Å². The number of carbonyl (C=O) groups excluding carboxylic acids is 1. The Bertz CT molecular complexity index is 530. The SMILES string of the molecule is Cc1ccc(C=CC(=O)N2CCC(OCC(=O)O)CC2)s1. The van der Waals surface area contributed by atoms with E-state index in [2.05, 4.69) is 0 Å². The second-order valence-corrected chi connectivity index (χ2v) is 6.33. The second kappa shape index (κ2) is 7.38. The summed E-state index contributed by atoms with van der Waals surface area (Å²) in [5.74, 6) is -0.958. The molecule has 1 aromatic heterocycles. The van der Waals surface area contributed by atoms with Gasteiger partial charge in [-0.2, -0.15) is 0 Å². The zero-order valence-corrected chi connectivity index (χ0v) is 12.8.